The molecule has 3 rings (SSSR count). The Bertz CT molecular complexity index is 601. The van der Waals surface area contributed by atoms with E-state index in [0.717, 1.165) is 24.4 Å². The zero-order valence-electron chi connectivity index (χ0n) is 13.2. The van der Waals surface area contributed by atoms with Crippen molar-refractivity contribution >= 4 is 0 Å². The first-order chi connectivity index (χ1) is 10.6. The van der Waals surface area contributed by atoms with Gasteiger partial charge in [0.15, 0.2) is 0 Å². The molecule has 118 valence electrons. The van der Waals surface area contributed by atoms with Crippen molar-refractivity contribution < 1.29 is 13.9 Å². The van der Waals surface area contributed by atoms with E-state index in [4.69, 9.17) is 13.9 Å². The number of hydrogen-bond donors (Lipinski definition) is 0. The lowest BCUT2D eigenvalue weighted by Gasteiger charge is -2.34. The highest BCUT2D eigenvalue weighted by Crippen LogP contribution is 2.22. The van der Waals surface area contributed by atoms with E-state index in [-0.39, 0.29) is 12.2 Å². The Kier molecular flexibility index (Phi) is 4.40. The molecule has 1 aromatic carbocycles. The number of morpholine rings is 1. The third-order valence-electron chi connectivity index (χ3n) is 3.66. The number of methoxy groups -OCH3 is 1. The van der Waals surface area contributed by atoms with Crippen LogP contribution in [0.4, 0.5) is 0 Å². The second-order valence-corrected chi connectivity index (χ2v) is 5.68. The molecule has 2 heterocycles. The van der Waals surface area contributed by atoms with Gasteiger partial charge in [0, 0.05) is 18.7 Å². The van der Waals surface area contributed by atoms with E-state index in [1.54, 1.807) is 7.11 Å². The summed E-state index contributed by atoms with van der Waals surface area (Å²) in [4.78, 5) is 2.28. The fourth-order valence-electron chi connectivity index (χ4n) is 2.77. The summed E-state index contributed by atoms with van der Waals surface area (Å²) in [6.45, 7) is 6.58. The molecule has 22 heavy (non-hydrogen) atoms. The smallest absolute Gasteiger partial charge is 0.247 e. The fourth-order valence-corrected chi connectivity index (χ4v) is 2.77. The zero-order valence-corrected chi connectivity index (χ0v) is 13.2. The predicted octanol–water partition coefficient (Wildman–Crippen LogP) is 2.35. The molecular weight excluding hydrogens is 282 g/mol. The second kappa shape index (κ2) is 6.46. The number of rotatable bonds is 4. The monoisotopic (exact) mass is 303 g/mol. The fraction of sp³-hybridized carbons (Fsp3) is 0.500. The number of ether oxygens (including phenoxy) is 2. The molecule has 1 aliphatic heterocycles. The van der Waals surface area contributed by atoms with E-state index >= 15 is 0 Å². The van der Waals surface area contributed by atoms with Crippen molar-refractivity contribution in [3.63, 3.8) is 0 Å². The highest BCUT2D eigenvalue weighted by Gasteiger charge is 2.23. The molecule has 0 unspecified atom stereocenters. The van der Waals surface area contributed by atoms with Crippen LogP contribution in [0.25, 0.3) is 11.5 Å². The number of benzene rings is 1. The molecule has 0 saturated carbocycles. The molecule has 6 heteroatoms. The standard InChI is InChI=1S/C16H21N3O3/c1-11-8-19(9-12(2)21-11)10-15-17-18-16(22-15)13-4-6-14(20-3)7-5-13/h4-7,11-12H,8-10H2,1-3H3/t11-,12-/m0/s1. The summed E-state index contributed by atoms with van der Waals surface area (Å²) in [5.74, 6) is 1.97. The maximum atomic E-state index is 5.77. The summed E-state index contributed by atoms with van der Waals surface area (Å²) in [5.41, 5.74) is 0.892. The van der Waals surface area contributed by atoms with Crippen LogP contribution in [-0.2, 0) is 11.3 Å². The molecule has 0 N–H and O–H groups in total. The van der Waals surface area contributed by atoms with Crippen LogP contribution in [0.2, 0.25) is 0 Å². The number of aromatic nitrogens is 2. The molecule has 1 aromatic heterocycles. The van der Waals surface area contributed by atoms with Crippen molar-refractivity contribution in [3.05, 3.63) is 30.2 Å². The van der Waals surface area contributed by atoms with Gasteiger partial charge >= 0.3 is 0 Å². The lowest BCUT2D eigenvalue weighted by atomic mass is 10.2. The minimum Gasteiger partial charge on any atom is -0.497 e. The van der Waals surface area contributed by atoms with Crippen molar-refractivity contribution in [1.29, 1.82) is 0 Å². The molecule has 0 bridgehead atoms. The Morgan fingerprint density at radius 1 is 1.14 bits per heavy atom. The van der Waals surface area contributed by atoms with Gasteiger partial charge in [-0.15, -0.1) is 10.2 Å². The minimum atomic E-state index is 0.229. The number of nitrogens with zero attached hydrogens (tertiary/aromatic N) is 3. The minimum absolute atomic E-state index is 0.229. The van der Waals surface area contributed by atoms with Crippen LogP contribution in [0, 0.1) is 0 Å². The summed E-state index contributed by atoms with van der Waals surface area (Å²) in [6, 6.07) is 7.58. The average molecular weight is 303 g/mol. The second-order valence-electron chi connectivity index (χ2n) is 5.68. The van der Waals surface area contributed by atoms with Crippen molar-refractivity contribution in [1.82, 2.24) is 15.1 Å². The summed E-state index contributed by atoms with van der Waals surface area (Å²) >= 11 is 0. The normalized spacial score (nSPS) is 22.7. The van der Waals surface area contributed by atoms with Gasteiger partial charge in [0.25, 0.3) is 0 Å². The Morgan fingerprint density at radius 3 is 2.45 bits per heavy atom. The van der Waals surface area contributed by atoms with Gasteiger partial charge in [-0.1, -0.05) is 0 Å². The first kappa shape index (κ1) is 15.0. The van der Waals surface area contributed by atoms with Crippen molar-refractivity contribution in [2.75, 3.05) is 20.2 Å². The Labute approximate surface area is 130 Å². The average Bonchev–Trinajstić information content (AvgIpc) is 2.95. The summed E-state index contributed by atoms with van der Waals surface area (Å²) in [5, 5.41) is 8.28. The third-order valence-corrected chi connectivity index (χ3v) is 3.66. The Morgan fingerprint density at radius 2 is 1.82 bits per heavy atom. The highest BCUT2D eigenvalue weighted by molar-refractivity contribution is 5.53. The molecule has 1 fully saturated rings. The molecule has 1 saturated heterocycles. The molecular formula is C16H21N3O3. The maximum Gasteiger partial charge on any atom is 0.247 e. The lowest BCUT2D eigenvalue weighted by molar-refractivity contribution is -0.0721. The molecule has 0 amide bonds. The van der Waals surface area contributed by atoms with E-state index in [1.165, 1.54) is 0 Å². The van der Waals surface area contributed by atoms with Gasteiger partial charge in [-0.2, -0.15) is 0 Å². The number of hydrogen-bond acceptors (Lipinski definition) is 6. The van der Waals surface area contributed by atoms with Crippen molar-refractivity contribution in [2.24, 2.45) is 0 Å². The SMILES string of the molecule is COc1ccc(-c2nnc(CN3C[C@H](C)O[C@@H](C)C3)o2)cc1. The van der Waals surface area contributed by atoms with Crippen LogP contribution in [0.15, 0.2) is 28.7 Å². The molecule has 2 aromatic rings. The molecule has 2 atom stereocenters. The van der Waals surface area contributed by atoms with Crippen LogP contribution in [-0.4, -0.2) is 47.5 Å². The van der Waals surface area contributed by atoms with Crippen molar-refractivity contribution in [2.45, 2.75) is 32.6 Å². The largest absolute Gasteiger partial charge is 0.497 e. The third kappa shape index (κ3) is 3.45. The van der Waals surface area contributed by atoms with Gasteiger partial charge in [-0.3, -0.25) is 4.90 Å². The molecule has 1 aliphatic rings. The maximum absolute atomic E-state index is 5.77. The van der Waals surface area contributed by atoms with Crippen LogP contribution in [0.5, 0.6) is 5.75 Å². The first-order valence-corrected chi connectivity index (χ1v) is 7.48. The zero-order chi connectivity index (χ0) is 15.5. The lowest BCUT2D eigenvalue weighted by Crippen LogP contribution is -2.44. The van der Waals surface area contributed by atoms with Gasteiger partial charge in [0.2, 0.25) is 11.8 Å². The molecule has 0 aliphatic carbocycles. The van der Waals surface area contributed by atoms with Crippen LogP contribution in [0.1, 0.15) is 19.7 Å². The summed E-state index contributed by atoms with van der Waals surface area (Å²) in [7, 11) is 1.64. The van der Waals surface area contributed by atoms with Crippen LogP contribution < -0.4 is 4.74 Å². The predicted molar refractivity (Wildman–Crippen MR) is 81.6 cm³/mol. The van der Waals surface area contributed by atoms with Crippen molar-refractivity contribution in [3.8, 4) is 17.2 Å². The topological polar surface area (TPSA) is 60.6 Å². The van der Waals surface area contributed by atoms with Gasteiger partial charge in [0.1, 0.15) is 5.75 Å². The van der Waals surface area contributed by atoms with Gasteiger partial charge < -0.3 is 13.9 Å². The van der Waals surface area contributed by atoms with E-state index in [9.17, 15) is 0 Å². The van der Waals surface area contributed by atoms with Gasteiger partial charge in [0.05, 0.1) is 25.9 Å². The Balaban J connectivity index is 1.68. The van der Waals surface area contributed by atoms with E-state index < -0.39 is 0 Å². The first-order valence-electron chi connectivity index (χ1n) is 7.48. The summed E-state index contributed by atoms with van der Waals surface area (Å²) < 4.78 is 16.6. The molecule has 0 spiro atoms. The Hall–Kier alpha value is -1.92. The van der Waals surface area contributed by atoms with Gasteiger partial charge in [-0.25, -0.2) is 0 Å². The molecule has 0 radical (unpaired) electrons. The van der Waals surface area contributed by atoms with Gasteiger partial charge in [-0.05, 0) is 38.1 Å². The van der Waals surface area contributed by atoms with E-state index in [2.05, 4.69) is 28.9 Å². The quantitative estimate of drug-likeness (QED) is 0.864. The molecule has 6 nitrogen and oxygen atoms in total. The van der Waals surface area contributed by atoms with Crippen LogP contribution in [0.3, 0.4) is 0 Å². The van der Waals surface area contributed by atoms with E-state index in [0.29, 0.717) is 18.3 Å². The summed E-state index contributed by atoms with van der Waals surface area (Å²) in [6.07, 6.45) is 0.459. The highest BCUT2D eigenvalue weighted by atomic mass is 16.5. The van der Waals surface area contributed by atoms with Crippen LogP contribution >= 0.6 is 0 Å². The van der Waals surface area contributed by atoms with E-state index in [1.807, 2.05) is 24.3 Å².